The maximum absolute atomic E-state index is 11.6. The lowest BCUT2D eigenvalue weighted by atomic mass is 10.3. The molecule has 5 heteroatoms. The van der Waals surface area contributed by atoms with Crippen molar-refractivity contribution >= 4 is 21.8 Å². The predicted molar refractivity (Wildman–Crippen MR) is 62.8 cm³/mol. The Balaban J connectivity index is 2.96. The van der Waals surface area contributed by atoms with Gasteiger partial charge >= 0.3 is 0 Å². The van der Waals surface area contributed by atoms with Crippen LogP contribution in [0.5, 0.6) is 0 Å². The van der Waals surface area contributed by atoms with E-state index in [-0.39, 0.29) is 11.9 Å². The summed E-state index contributed by atoms with van der Waals surface area (Å²) in [4.78, 5) is 11.6. The average Bonchev–Trinajstić information content (AvgIpc) is 2.45. The number of nitrogens with zero attached hydrogens (tertiary/aromatic N) is 2. The zero-order valence-corrected chi connectivity index (χ0v) is 11.1. The van der Waals surface area contributed by atoms with Crippen molar-refractivity contribution < 1.29 is 4.79 Å². The van der Waals surface area contributed by atoms with Crippen LogP contribution < -0.4 is 5.32 Å². The predicted octanol–water partition coefficient (Wildman–Crippen LogP) is 1.96. The van der Waals surface area contributed by atoms with Crippen molar-refractivity contribution in [1.82, 2.24) is 15.1 Å². The summed E-state index contributed by atoms with van der Waals surface area (Å²) in [7, 11) is 0. The first-order chi connectivity index (χ1) is 6.99. The number of rotatable bonds is 3. The lowest BCUT2D eigenvalue weighted by molar-refractivity contribution is -0.124. The molecule has 4 nitrogen and oxygen atoms in total. The first kappa shape index (κ1) is 12.2. The molecule has 1 rings (SSSR count). The standard InChI is InChI=1S/C10H16BrN3O/c1-5-12-10(15)8(4)14-7(3)9(11)6(2)13-14/h8H,5H2,1-4H3,(H,12,15). The molecule has 1 heterocycles. The monoisotopic (exact) mass is 273 g/mol. The smallest absolute Gasteiger partial charge is 0.244 e. The summed E-state index contributed by atoms with van der Waals surface area (Å²) >= 11 is 3.44. The molecule has 0 bridgehead atoms. The van der Waals surface area contributed by atoms with Crippen LogP contribution in [0.3, 0.4) is 0 Å². The number of halogens is 1. The van der Waals surface area contributed by atoms with E-state index in [2.05, 4.69) is 26.3 Å². The van der Waals surface area contributed by atoms with E-state index in [1.807, 2.05) is 27.7 Å². The van der Waals surface area contributed by atoms with Crippen LogP contribution in [-0.4, -0.2) is 22.2 Å². The summed E-state index contributed by atoms with van der Waals surface area (Å²) in [6.07, 6.45) is 0. The highest BCUT2D eigenvalue weighted by Crippen LogP contribution is 2.22. The summed E-state index contributed by atoms with van der Waals surface area (Å²) < 4.78 is 2.71. The number of hydrogen-bond donors (Lipinski definition) is 1. The fourth-order valence-electron chi connectivity index (χ4n) is 1.45. The van der Waals surface area contributed by atoms with Gasteiger partial charge in [-0.05, 0) is 43.6 Å². The number of carbonyl (C=O) groups is 1. The molecule has 0 saturated carbocycles. The van der Waals surface area contributed by atoms with Crippen LogP contribution in [0.1, 0.15) is 31.3 Å². The molecular weight excluding hydrogens is 258 g/mol. The van der Waals surface area contributed by atoms with Gasteiger partial charge in [0, 0.05) is 6.54 Å². The van der Waals surface area contributed by atoms with E-state index in [0.717, 1.165) is 15.9 Å². The normalized spacial score (nSPS) is 12.6. The van der Waals surface area contributed by atoms with E-state index < -0.39 is 0 Å². The molecule has 0 aromatic carbocycles. The van der Waals surface area contributed by atoms with Gasteiger partial charge in [-0.1, -0.05) is 0 Å². The van der Waals surface area contributed by atoms with Gasteiger partial charge in [-0.25, -0.2) is 0 Å². The first-order valence-electron chi connectivity index (χ1n) is 4.98. The van der Waals surface area contributed by atoms with Crippen LogP contribution in [0.25, 0.3) is 0 Å². The highest BCUT2D eigenvalue weighted by atomic mass is 79.9. The molecule has 1 unspecified atom stereocenters. The third-order valence-corrected chi connectivity index (χ3v) is 3.48. The van der Waals surface area contributed by atoms with Gasteiger partial charge in [0.2, 0.25) is 5.91 Å². The van der Waals surface area contributed by atoms with E-state index >= 15 is 0 Å². The summed E-state index contributed by atoms with van der Waals surface area (Å²) in [6, 6.07) is -0.269. The quantitative estimate of drug-likeness (QED) is 0.915. The first-order valence-corrected chi connectivity index (χ1v) is 5.77. The van der Waals surface area contributed by atoms with Gasteiger partial charge in [0.15, 0.2) is 0 Å². The number of carbonyl (C=O) groups excluding carboxylic acids is 1. The molecule has 84 valence electrons. The van der Waals surface area contributed by atoms with Crippen LogP contribution in [0.2, 0.25) is 0 Å². The van der Waals surface area contributed by atoms with Crippen LogP contribution in [0.4, 0.5) is 0 Å². The Kier molecular flexibility index (Phi) is 3.90. The van der Waals surface area contributed by atoms with Gasteiger partial charge in [0.25, 0.3) is 0 Å². The number of aryl methyl sites for hydroxylation is 1. The molecule has 1 aromatic rings. The van der Waals surface area contributed by atoms with Crippen LogP contribution in [-0.2, 0) is 4.79 Å². The largest absolute Gasteiger partial charge is 0.355 e. The van der Waals surface area contributed by atoms with E-state index in [4.69, 9.17) is 0 Å². The molecule has 0 radical (unpaired) electrons. The number of nitrogens with one attached hydrogen (secondary N) is 1. The Morgan fingerprint density at radius 2 is 2.20 bits per heavy atom. The molecule has 0 spiro atoms. The summed E-state index contributed by atoms with van der Waals surface area (Å²) in [5.74, 6) is -0.00407. The van der Waals surface area contributed by atoms with Gasteiger partial charge < -0.3 is 5.32 Å². The Morgan fingerprint density at radius 3 is 2.60 bits per heavy atom. The van der Waals surface area contributed by atoms with Gasteiger partial charge in [-0.3, -0.25) is 9.48 Å². The minimum atomic E-state index is -0.269. The van der Waals surface area contributed by atoms with Crippen LogP contribution >= 0.6 is 15.9 Å². The van der Waals surface area contributed by atoms with E-state index in [1.165, 1.54) is 0 Å². The van der Waals surface area contributed by atoms with Crippen molar-refractivity contribution in [2.45, 2.75) is 33.7 Å². The van der Waals surface area contributed by atoms with Gasteiger partial charge in [-0.15, -0.1) is 0 Å². The number of amides is 1. The second-order valence-electron chi connectivity index (χ2n) is 3.50. The third kappa shape index (κ3) is 2.40. The Morgan fingerprint density at radius 1 is 1.60 bits per heavy atom. The van der Waals surface area contributed by atoms with Crippen molar-refractivity contribution in [1.29, 1.82) is 0 Å². The van der Waals surface area contributed by atoms with Gasteiger partial charge in [-0.2, -0.15) is 5.10 Å². The topological polar surface area (TPSA) is 46.9 Å². The molecule has 0 aliphatic rings. The lowest BCUT2D eigenvalue weighted by Gasteiger charge is -2.13. The molecule has 1 aromatic heterocycles. The second-order valence-corrected chi connectivity index (χ2v) is 4.29. The number of hydrogen-bond acceptors (Lipinski definition) is 2. The van der Waals surface area contributed by atoms with Crippen LogP contribution in [0, 0.1) is 13.8 Å². The Hall–Kier alpha value is -0.840. The summed E-state index contributed by atoms with van der Waals surface area (Å²) in [5, 5.41) is 7.11. The van der Waals surface area contributed by atoms with Crippen molar-refractivity contribution in [3.63, 3.8) is 0 Å². The van der Waals surface area contributed by atoms with E-state index in [9.17, 15) is 4.79 Å². The average molecular weight is 274 g/mol. The molecule has 0 aliphatic carbocycles. The summed E-state index contributed by atoms with van der Waals surface area (Å²) in [5.41, 5.74) is 1.88. The zero-order chi connectivity index (χ0) is 11.6. The Labute approximate surface area is 98.2 Å². The molecule has 0 saturated heterocycles. The molecular formula is C10H16BrN3O. The second kappa shape index (κ2) is 4.79. The summed E-state index contributed by atoms with van der Waals surface area (Å²) in [6.45, 7) is 8.25. The highest BCUT2D eigenvalue weighted by molar-refractivity contribution is 9.10. The molecule has 0 aliphatic heterocycles. The third-order valence-electron chi connectivity index (χ3n) is 2.33. The Bertz CT molecular complexity index is 373. The van der Waals surface area contributed by atoms with Gasteiger partial charge in [0.05, 0.1) is 15.9 Å². The minimum absolute atomic E-state index is 0.00407. The van der Waals surface area contributed by atoms with Crippen molar-refractivity contribution in [2.75, 3.05) is 6.54 Å². The molecule has 1 N–H and O–H groups in total. The maximum atomic E-state index is 11.6. The lowest BCUT2D eigenvalue weighted by Crippen LogP contribution is -2.31. The molecule has 0 fully saturated rings. The molecule has 15 heavy (non-hydrogen) atoms. The molecule has 1 atom stereocenters. The van der Waals surface area contributed by atoms with Gasteiger partial charge in [0.1, 0.15) is 6.04 Å². The number of aromatic nitrogens is 2. The number of likely N-dealkylation sites (N-methyl/N-ethyl adjacent to an activating group) is 1. The zero-order valence-electron chi connectivity index (χ0n) is 9.47. The van der Waals surface area contributed by atoms with Crippen molar-refractivity contribution in [3.8, 4) is 0 Å². The van der Waals surface area contributed by atoms with E-state index in [0.29, 0.717) is 6.54 Å². The van der Waals surface area contributed by atoms with Crippen molar-refractivity contribution in [2.24, 2.45) is 0 Å². The SMILES string of the molecule is CCNC(=O)C(C)n1nc(C)c(Br)c1C. The fourth-order valence-corrected chi connectivity index (χ4v) is 1.71. The fraction of sp³-hybridized carbons (Fsp3) is 0.600. The highest BCUT2D eigenvalue weighted by Gasteiger charge is 2.19. The molecule has 1 amide bonds. The van der Waals surface area contributed by atoms with E-state index in [1.54, 1.807) is 4.68 Å². The maximum Gasteiger partial charge on any atom is 0.244 e. The minimum Gasteiger partial charge on any atom is -0.355 e. The van der Waals surface area contributed by atoms with Crippen molar-refractivity contribution in [3.05, 3.63) is 15.9 Å². The van der Waals surface area contributed by atoms with Crippen LogP contribution in [0.15, 0.2) is 4.47 Å².